The van der Waals surface area contributed by atoms with Crippen molar-refractivity contribution in [1.29, 1.82) is 5.26 Å². The average Bonchev–Trinajstić information content (AvgIpc) is 2.72. The van der Waals surface area contributed by atoms with Gasteiger partial charge in [-0.15, -0.1) is 0 Å². The highest BCUT2D eigenvalue weighted by Gasteiger charge is 2.34. The van der Waals surface area contributed by atoms with Crippen molar-refractivity contribution in [3.63, 3.8) is 0 Å². The fourth-order valence-corrected chi connectivity index (χ4v) is 3.01. The fraction of sp³-hybridized carbons (Fsp3) is 0.100. The molecule has 3 rings (SSSR count). The van der Waals surface area contributed by atoms with Gasteiger partial charge in [-0.3, -0.25) is 4.79 Å². The summed E-state index contributed by atoms with van der Waals surface area (Å²) in [5, 5.41) is 11.2. The van der Waals surface area contributed by atoms with Crippen LogP contribution in [0.25, 0.3) is 11.3 Å². The number of nitrogens with one attached hydrogen (secondary N) is 1. The molecular formula is C20H13F3N4OS. The highest BCUT2D eigenvalue weighted by atomic mass is 32.2. The van der Waals surface area contributed by atoms with Crippen molar-refractivity contribution >= 4 is 23.4 Å². The molecule has 0 fully saturated rings. The lowest BCUT2D eigenvalue weighted by Crippen LogP contribution is -2.15. The molecule has 0 aliphatic rings. The van der Waals surface area contributed by atoms with Gasteiger partial charge in [0.05, 0.1) is 23.1 Å². The zero-order chi connectivity index (χ0) is 20.9. The van der Waals surface area contributed by atoms with Gasteiger partial charge in [-0.05, 0) is 30.3 Å². The zero-order valence-corrected chi connectivity index (χ0v) is 15.6. The first-order valence-corrected chi connectivity index (χ1v) is 9.28. The molecule has 9 heteroatoms. The standard InChI is InChI=1S/C20H13F3N4OS/c21-20(22,23)17-10-16(14-4-2-1-3-5-14)26-19(27-17)29-12-18(28)25-15-8-6-13(11-24)7-9-15/h1-10H,12H2,(H,25,28). The third-order valence-electron chi connectivity index (χ3n) is 3.70. The van der Waals surface area contributed by atoms with E-state index in [1.165, 1.54) is 0 Å². The maximum absolute atomic E-state index is 13.2. The van der Waals surface area contributed by atoms with Crippen LogP contribution >= 0.6 is 11.8 Å². The Morgan fingerprint density at radius 3 is 2.38 bits per heavy atom. The normalized spacial score (nSPS) is 11.0. The number of nitriles is 1. The van der Waals surface area contributed by atoms with E-state index in [2.05, 4.69) is 15.3 Å². The van der Waals surface area contributed by atoms with Crippen LogP contribution in [0.1, 0.15) is 11.3 Å². The monoisotopic (exact) mass is 414 g/mol. The van der Waals surface area contributed by atoms with Crippen LogP contribution in [-0.2, 0) is 11.0 Å². The van der Waals surface area contributed by atoms with Crippen molar-refractivity contribution in [2.75, 3.05) is 11.1 Å². The minimum Gasteiger partial charge on any atom is -0.325 e. The Balaban J connectivity index is 1.75. The van der Waals surface area contributed by atoms with Gasteiger partial charge in [-0.25, -0.2) is 9.97 Å². The van der Waals surface area contributed by atoms with Gasteiger partial charge in [-0.2, -0.15) is 18.4 Å². The number of aromatic nitrogens is 2. The molecule has 1 aromatic heterocycles. The molecule has 1 N–H and O–H groups in total. The minimum atomic E-state index is -4.63. The summed E-state index contributed by atoms with van der Waals surface area (Å²) in [6.45, 7) is 0. The van der Waals surface area contributed by atoms with Gasteiger partial charge < -0.3 is 5.32 Å². The molecule has 2 aromatic carbocycles. The van der Waals surface area contributed by atoms with Crippen LogP contribution in [-0.4, -0.2) is 21.6 Å². The van der Waals surface area contributed by atoms with Gasteiger partial charge in [0.2, 0.25) is 5.91 Å². The summed E-state index contributed by atoms with van der Waals surface area (Å²) in [6, 6.07) is 17.5. The first kappa shape index (κ1) is 20.4. The predicted molar refractivity (Wildman–Crippen MR) is 103 cm³/mol. The van der Waals surface area contributed by atoms with Crippen molar-refractivity contribution in [2.45, 2.75) is 11.3 Å². The molecular weight excluding hydrogens is 401 g/mol. The predicted octanol–water partition coefficient (Wildman–Crippen LogP) is 4.76. The number of carbonyl (C=O) groups excluding carboxylic acids is 1. The summed E-state index contributed by atoms with van der Waals surface area (Å²) in [4.78, 5) is 19.8. The van der Waals surface area contributed by atoms with Crippen molar-refractivity contribution in [1.82, 2.24) is 9.97 Å². The Labute approximate surface area is 168 Å². The summed E-state index contributed by atoms with van der Waals surface area (Å²) in [5.74, 6) is -0.600. The van der Waals surface area contributed by atoms with E-state index in [0.717, 1.165) is 17.8 Å². The van der Waals surface area contributed by atoms with Crippen LogP contribution in [0.2, 0.25) is 0 Å². The van der Waals surface area contributed by atoms with E-state index in [4.69, 9.17) is 5.26 Å². The molecule has 0 saturated heterocycles. The van der Waals surface area contributed by atoms with E-state index >= 15 is 0 Å². The molecule has 5 nitrogen and oxygen atoms in total. The van der Waals surface area contributed by atoms with Crippen LogP contribution in [0.3, 0.4) is 0 Å². The number of carbonyl (C=O) groups is 1. The van der Waals surface area contributed by atoms with Crippen LogP contribution in [0.5, 0.6) is 0 Å². The zero-order valence-electron chi connectivity index (χ0n) is 14.8. The Bertz CT molecular complexity index is 1050. The van der Waals surface area contributed by atoms with E-state index in [1.54, 1.807) is 54.6 Å². The number of benzene rings is 2. The lowest BCUT2D eigenvalue weighted by molar-refractivity contribution is -0.141. The third-order valence-corrected chi connectivity index (χ3v) is 4.54. The lowest BCUT2D eigenvalue weighted by atomic mass is 10.1. The molecule has 1 amide bonds. The number of hydrogen-bond acceptors (Lipinski definition) is 5. The smallest absolute Gasteiger partial charge is 0.325 e. The Morgan fingerprint density at radius 1 is 1.07 bits per heavy atom. The van der Waals surface area contributed by atoms with Crippen LogP contribution in [0.15, 0.2) is 65.8 Å². The summed E-state index contributed by atoms with van der Waals surface area (Å²) in [6.07, 6.45) is -4.63. The summed E-state index contributed by atoms with van der Waals surface area (Å²) >= 11 is 0.808. The van der Waals surface area contributed by atoms with Crippen molar-refractivity contribution in [3.05, 3.63) is 71.9 Å². The van der Waals surface area contributed by atoms with E-state index in [0.29, 0.717) is 16.8 Å². The molecule has 146 valence electrons. The average molecular weight is 414 g/mol. The third kappa shape index (κ3) is 5.56. The Morgan fingerprint density at radius 2 is 1.76 bits per heavy atom. The Hall–Kier alpha value is -3.38. The second-order valence-corrected chi connectivity index (χ2v) is 6.75. The van der Waals surface area contributed by atoms with Crippen molar-refractivity contribution < 1.29 is 18.0 Å². The molecule has 3 aromatic rings. The van der Waals surface area contributed by atoms with E-state index < -0.39 is 17.8 Å². The molecule has 0 unspecified atom stereocenters. The quantitative estimate of drug-likeness (QED) is 0.481. The lowest BCUT2D eigenvalue weighted by Gasteiger charge is -2.10. The van der Waals surface area contributed by atoms with Gasteiger partial charge >= 0.3 is 6.18 Å². The number of hydrogen-bond donors (Lipinski definition) is 1. The first-order valence-electron chi connectivity index (χ1n) is 8.29. The molecule has 0 radical (unpaired) electrons. The van der Waals surface area contributed by atoms with Gasteiger partial charge in [0, 0.05) is 11.3 Å². The molecule has 0 aliphatic carbocycles. The summed E-state index contributed by atoms with van der Waals surface area (Å²) < 4.78 is 39.6. The number of amides is 1. The van der Waals surface area contributed by atoms with Gasteiger partial charge in [0.25, 0.3) is 0 Å². The number of alkyl halides is 3. The molecule has 0 aliphatic heterocycles. The molecule has 0 atom stereocenters. The maximum Gasteiger partial charge on any atom is 0.433 e. The fourth-order valence-electron chi connectivity index (χ4n) is 2.35. The first-order chi connectivity index (χ1) is 13.8. The Kier molecular flexibility index (Phi) is 6.14. The van der Waals surface area contributed by atoms with Gasteiger partial charge in [-0.1, -0.05) is 42.1 Å². The second kappa shape index (κ2) is 8.75. The molecule has 0 saturated carbocycles. The maximum atomic E-state index is 13.2. The van der Waals surface area contributed by atoms with Gasteiger partial charge in [0.15, 0.2) is 5.16 Å². The number of anilines is 1. The van der Waals surface area contributed by atoms with Crippen molar-refractivity contribution in [2.24, 2.45) is 0 Å². The van der Waals surface area contributed by atoms with E-state index in [9.17, 15) is 18.0 Å². The molecule has 29 heavy (non-hydrogen) atoms. The SMILES string of the molecule is N#Cc1ccc(NC(=O)CSc2nc(-c3ccccc3)cc(C(F)(F)F)n2)cc1. The summed E-state index contributed by atoms with van der Waals surface area (Å²) in [7, 11) is 0. The largest absolute Gasteiger partial charge is 0.433 e. The topological polar surface area (TPSA) is 78.7 Å². The number of halogens is 3. The second-order valence-electron chi connectivity index (χ2n) is 5.81. The molecule has 1 heterocycles. The van der Waals surface area contributed by atoms with Gasteiger partial charge in [0.1, 0.15) is 5.69 Å². The van der Waals surface area contributed by atoms with Crippen molar-refractivity contribution in [3.8, 4) is 17.3 Å². The highest BCUT2D eigenvalue weighted by molar-refractivity contribution is 7.99. The number of thioether (sulfide) groups is 1. The minimum absolute atomic E-state index is 0.128. The van der Waals surface area contributed by atoms with Crippen LogP contribution in [0, 0.1) is 11.3 Å². The number of rotatable bonds is 5. The van der Waals surface area contributed by atoms with E-state index in [1.807, 2.05) is 6.07 Å². The van der Waals surface area contributed by atoms with E-state index in [-0.39, 0.29) is 16.6 Å². The van der Waals surface area contributed by atoms with Crippen LogP contribution in [0.4, 0.5) is 18.9 Å². The summed E-state index contributed by atoms with van der Waals surface area (Å²) in [5.41, 5.74) is 0.501. The number of nitrogens with zero attached hydrogens (tertiary/aromatic N) is 3. The highest BCUT2D eigenvalue weighted by Crippen LogP contribution is 2.32. The molecule has 0 bridgehead atoms. The molecule has 0 spiro atoms. The van der Waals surface area contributed by atoms with Crippen LogP contribution < -0.4 is 5.32 Å².